The molecule has 0 unspecified atom stereocenters. The molecule has 0 atom stereocenters. The number of rotatable bonds is 3. The summed E-state index contributed by atoms with van der Waals surface area (Å²) in [6.07, 6.45) is 0. The van der Waals surface area contributed by atoms with Gasteiger partial charge in [-0.25, -0.2) is 13.2 Å². The molecule has 0 aliphatic rings. The molecule has 0 radical (unpaired) electrons. The molecule has 0 N–H and O–H groups in total. The molecule has 0 saturated carbocycles. The molecule has 22 heavy (non-hydrogen) atoms. The van der Waals surface area contributed by atoms with Crippen molar-refractivity contribution in [1.82, 2.24) is 0 Å². The highest BCUT2D eigenvalue weighted by molar-refractivity contribution is 7.90. The van der Waals surface area contributed by atoms with E-state index in [1.807, 2.05) is 13.0 Å². The molecule has 0 amide bonds. The first-order valence-corrected chi connectivity index (χ1v) is 8.42. The molecule has 1 heterocycles. The van der Waals surface area contributed by atoms with Crippen LogP contribution < -0.4 is 5.63 Å². The van der Waals surface area contributed by atoms with Crippen LogP contribution in [-0.2, 0) is 15.6 Å². The summed E-state index contributed by atoms with van der Waals surface area (Å²) in [4.78, 5) is 11.9. The van der Waals surface area contributed by atoms with Crippen LogP contribution in [0.25, 0.3) is 11.0 Å². The van der Waals surface area contributed by atoms with Crippen molar-refractivity contribution >= 4 is 20.8 Å². The highest BCUT2D eigenvalue weighted by Gasteiger charge is 2.17. The van der Waals surface area contributed by atoms with Gasteiger partial charge in [-0.05, 0) is 36.2 Å². The molecule has 3 rings (SSSR count). The molecular formula is C17H14O4S. The highest BCUT2D eigenvalue weighted by atomic mass is 32.2. The van der Waals surface area contributed by atoms with Gasteiger partial charge in [-0.1, -0.05) is 30.3 Å². The molecule has 1 aromatic heterocycles. The Hall–Kier alpha value is -2.40. The van der Waals surface area contributed by atoms with Crippen LogP contribution in [0.5, 0.6) is 0 Å². The molecule has 0 aliphatic heterocycles. The first-order chi connectivity index (χ1) is 10.5. The topological polar surface area (TPSA) is 64.3 Å². The van der Waals surface area contributed by atoms with E-state index in [4.69, 9.17) is 4.42 Å². The summed E-state index contributed by atoms with van der Waals surface area (Å²) in [6.45, 7) is 1.88. The summed E-state index contributed by atoms with van der Waals surface area (Å²) >= 11 is 0. The molecule has 3 aromatic rings. The van der Waals surface area contributed by atoms with E-state index in [2.05, 4.69) is 0 Å². The molecule has 0 saturated heterocycles. The number of fused-ring (bicyclic) bond motifs is 1. The largest absolute Gasteiger partial charge is 0.423 e. The smallest absolute Gasteiger partial charge is 0.336 e. The average molecular weight is 314 g/mol. The van der Waals surface area contributed by atoms with E-state index in [1.165, 1.54) is 6.07 Å². The van der Waals surface area contributed by atoms with E-state index < -0.39 is 15.5 Å². The molecule has 0 bridgehead atoms. The van der Waals surface area contributed by atoms with E-state index in [0.717, 1.165) is 5.56 Å². The Bertz CT molecular complexity index is 986. The van der Waals surface area contributed by atoms with Gasteiger partial charge in [-0.15, -0.1) is 0 Å². The second kappa shape index (κ2) is 5.42. The number of aryl methyl sites for hydroxylation is 1. The Labute approximate surface area is 127 Å². The van der Waals surface area contributed by atoms with E-state index in [1.54, 1.807) is 42.5 Å². The van der Waals surface area contributed by atoms with Gasteiger partial charge in [0.25, 0.3) is 0 Å². The maximum absolute atomic E-state index is 12.5. The summed E-state index contributed by atoms with van der Waals surface area (Å²) in [5.41, 5.74) is 1.26. The van der Waals surface area contributed by atoms with Gasteiger partial charge in [-0.3, -0.25) is 0 Å². The van der Waals surface area contributed by atoms with Gasteiger partial charge < -0.3 is 4.42 Å². The molecule has 0 aliphatic carbocycles. The number of benzene rings is 2. The molecule has 0 spiro atoms. The van der Waals surface area contributed by atoms with Crippen LogP contribution in [0.3, 0.4) is 0 Å². The average Bonchev–Trinajstić information content (AvgIpc) is 2.47. The minimum Gasteiger partial charge on any atom is -0.423 e. The van der Waals surface area contributed by atoms with Crippen LogP contribution in [0.4, 0.5) is 0 Å². The first-order valence-electron chi connectivity index (χ1n) is 6.77. The Kier molecular flexibility index (Phi) is 3.58. The van der Waals surface area contributed by atoms with Gasteiger partial charge in [0.1, 0.15) is 5.58 Å². The van der Waals surface area contributed by atoms with Crippen LogP contribution in [0.2, 0.25) is 0 Å². The van der Waals surface area contributed by atoms with Crippen molar-refractivity contribution < 1.29 is 12.8 Å². The molecule has 112 valence electrons. The van der Waals surface area contributed by atoms with Crippen LogP contribution in [-0.4, -0.2) is 8.42 Å². The zero-order chi connectivity index (χ0) is 15.7. The Balaban J connectivity index is 2.13. The van der Waals surface area contributed by atoms with Crippen LogP contribution >= 0.6 is 0 Å². The lowest BCUT2D eigenvalue weighted by atomic mass is 10.1. The van der Waals surface area contributed by atoms with Crippen molar-refractivity contribution in [2.24, 2.45) is 0 Å². The standard InChI is InChI=1S/C17H14O4S/c1-12-7-8-15-13(10-17(18)21-16(15)9-12)11-22(19,20)14-5-3-2-4-6-14/h2-10H,11H2,1H3. The number of hydrogen-bond donors (Lipinski definition) is 0. The van der Waals surface area contributed by atoms with Crippen molar-refractivity contribution in [3.05, 3.63) is 76.1 Å². The lowest BCUT2D eigenvalue weighted by molar-refractivity contribution is 0.559. The van der Waals surface area contributed by atoms with Crippen LogP contribution in [0.15, 0.2) is 68.7 Å². The van der Waals surface area contributed by atoms with Crippen molar-refractivity contribution in [2.45, 2.75) is 17.6 Å². The fourth-order valence-electron chi connectivity index (χ4n) is 2.37. The Morgan fingerprint density at radius 2 is 1.73 bits per heavy atom. The fraction of sp³-hybridized carbons (Fsp3) is 0.118. The summed E-state index contributed by atoms with van der Waals surface area (Å²) < 4.78 is 30.1. The lowest BCUT2D eigenvalue weighted by Crippen LogP contribution is -2.08. The van der Waals surface area contributed by atoms with Gasteiger partial charge >= 0.3 is 5.63 Å². The maximum Gasteiger partial charge on any atom is 0.336 e. The second-order valence-corrected chi connectivity index (χ2v) is 7.15. The summed E-state index contributed by atoms with van der Waals surface area (Å²) in [5, 5.41) is 0.643. The Morgan fingerprint density at radius 3 is 2.45 bits per heavy atom. The van der Waals surface area contributed by atoms with E-state index in [-0.39, 0.29) is 10.6 Å². The highest BCUT2D eigenvalue weighted by Crippen LogP contribution is 2.23. The lowest BCUT2D eigenvalue weighted by Gasteiger charge is -2.07. The molecular weight excluding hydrogens is 300 g/mol. The van der Waals surface area contributed by atoms with Gasteiger partial charge in [-0.2, -0.15) is 0 Å². The summed E-state index contributed by atoms with van der Waals surface area (Å²) in [7, 11) is -3.51. The maximum atomic E-state index is 12.5. The van der Waals surface area contributed by atoms with E-state index >= 15 is 0 Å². The van der Waals surface area contributed by atoms with Gasteiger partial charge in [0.05, 0.1) is 10.6 Å². The first kappa shape index (κ1) is 14.5. The minimum absolute atomic E-state index is 0.234. The summed E-state index contributed by atoms with van der Waals surface area (Å²) in [5.74, 6) is -0.234. The van der Waals surface area contributed by atoms with E-state index in [0.29, 0.717) is 16.5 Å². The molecule has 0 fully saturated rings. The SMILES string of the molecule is Cc1ccc2c(CS(=O)(=O)c3ccccc3)cc(=O)oc2c1. The zero-order valence-electron chi connectivity index (χ0n) is 11.9. The van der Waals surface area contributed by atoms with Crippen molar-refractivity contribution in [1.29, 1.82) is 0 Å². The van der Waals surface area contributed by atoms with Gasteiger partial charge in [0, 0.05) is 11.5 Å². The predicted molar refractivity (Wildman–Crippen MR) is 84.6 cm³/mol. The number of sulfone groups is 1. The van der Waals surface area contributed by atoms with Crippen LogP contribution in [0, 0.1) is 6.92 Å². The van der Waals surface area contributed by atoms with E-state index in [9.17, 15) is 13.2 Å². The summed E-state index contributed by atoms with van der Waals surface area (Å²) in [6, 6.07) is 14.8. The second-order valence-electron chi connectivity index (χ2n) is 5.16. The minimum atomic E-state index is -3.51. The van der Waals surface area contributed by atoms with Crippen molar-refractivity contribution in [3.8, 4) is 0 Å². The fourth-order valence-corrected chi connectivity index (χ4v) is 3.76. The third-order valence-corrected chi connectivity index (χ3v) is 5.11. The zero-order valence-corrected chi connectivity index (χ0v) is 12.8. The predicted octanol–water partition coefficient (Wildman–Crippen LogP) is 3.08. The quantitative estimate of drug-likeness (QED) is 0.697. The van der Waals surface area contributed by atoms with Crippen molar-refractivity contribution in [3.63, 3.8) is 0 Å². The molecule has 5 heteroatoms. The van der Waals surface area contributed by atoms with Crippen LogP contribution in [0.1, 0.15) is 11.1 Å². The molecule has 2 aromatic carbocycles. The normalized spacial score (nSPS) is 11.7. The third-order valence-electron chi connectivity index (χ3n) is 3.43. The van der Waals surface area contributed by atoms with Gasteiger partial charge in [0.2, 0.25) is 0 Å². The van der Waals surface area contributed by atoms with Gasteiger partial charge in [0.15, 0.2) is 9.84 Å². The molecule has 4 nitrogen and oxygen atoms in total. The third kappa shape index (κ3) is 2.80. The van der Waals surface area contributed by atoms with Crippen molar-refractivity contribution in [2.75, 3.05) is 0 Å². The Morgan fingerprint density at radius 1 is 1.00 bits per heavy atom. The number of hydrogen-bond acceptors (Lipinski definition) is 4. The monoisotopic (exact) mass is 314 g/mol.